The lowest BCUT2D eigenvalue weighted by Crippen LogP contribution is -2.27. The molecular formula is C12H17N5O2S2. The Labute approximate surface area is 127 Å². The van der Waals surface area contributed by atoms with E-state index in [1.807, 2.05) is 6.92 Å². The summed E-state index contributed by atoms with van der Waals surface area (Å²) in [6.07, 6.45) is 3.91. The van der Waals surface area contributed by atoms with E-state index in [4.69, 9.17) is 5.84 Å². The lowest BCUT2D eigenvalue weighted by Gasteiger charge is -2.12. The third kappa shape index (κ3) is 3.76. The zero-order chi connectivity index (χ0) is 15.5. The molecule has 0 aliphatic heterocycles. The van der Waals surface area contributed by atoms with Gasteiger partial charge in [-0.15, -0.1) is 11.3 Å². The standard InChI is InChI=1S/C12H17N5O2S2/c1-3-9-6-15-12(20-9)8(2)17-21(18,19)10-4-5-11(16-13)14-7-10/h4-8,17H,3,13H2,1-2H3,(H,14,16). The molecule has 2 heterocycles. The first-order valence-corrected chi connectivity index (χ1v) is 8.66. The van der Waals surface area contributed by atoms with E-state index in [1.165, 1.54) is 29.7 Å². The van der Waals surface area contributed by atoms with Gasteiger partial charge in [-0.05, 0) is 25.5 Å². The molecule has 1 unspecified atom stereocenters. The summed E-state index contributed by atoms with van der Waals surface area (Å²) in [5.74, 6) is 5.59. The van der Waals surface area contributed by atoms with Crippen molar-refractivity contribution >= 4 is 27.2 Å². The van der Waals surface area contributed by atoms with Gasteiger partial charge in [0.05, 0.1) is 6.04 Å². The maximum atomic E-state index is 12.3. The van der Waals surface area contributed by atoms with E-state index < -0.39 is 16.1 Å². The Balaban J connectivity index is 2.15. The van der Waals surface area contributed by atoms with E-state index in [-0.39, 0.29) is 4.90 Å². The van der Waals surface area contributed by atoms with Gasteiger partial charge in [0.15, 0.2) is 0 Å². The first-order valence-electron chi connectivity index (χ1n) is 6.36. The minimum Gasteiger partial charge on any atom is -0.308 e. The summed E-state index contributed by atoms with van der Waals surface area (Å²) in [6, 6.07) is 2.54. The van der Waals surface area contributed by atoms with Gasteiger partial charge < -0.3 is 5.43 Å². The van der Waals surface area contributed by atoms with Crippen LogP contribution in [0.15, 0.2) is 29.4 Å². The number of rotatable bonds is 6. The molecule has 4 N–H and O–H groups in total. The van der Waals surface area contributed by atoms with E-state index in [0.717, 1.165) is 16.3 Å². The normalized spacial score (nSPS) is 13.1. The first-order chi connectivity index (χ1) is 9.96. The van der Waals surface area contributed by atoms with E-state index >= 15 is 0 Å². The molecule has 0 aliphatic carbocycles. The molecule has 0 aliphatic rings. The topological polar surface area (TPSA) is 110 Å². The Morgan fingerprint density at radius 1 is 1.33 bits per heavy atom. The van der Waals surface area contributed by atoms with Crippen molar-refractivity contribution in [2.75, 3.05) is 5.43 Å². The highest BCUT2D eigenvalue weighted by Gasteiger charge is 2.20. The van der Waals surface area contributed by atoms with Crippen molar-refractivity contribution in [1.29, 1.82) is 0 Å². The fourth-order valence-corrected chi connectivity index (χ4v) is 3.75. The van der Waals surface area contributed by atoms with Gasteiger partial charge in [-0.25, -0.2) is 29.0 Å². The minimum atomic E-state index is -3.64. The number of hydrazine groups is 1. The fourth-order valence-electron chi connectivity index (χ4n) is 1.66. The molecule has 0 bridgehead atoms. The molecule has 114 valence electrons. The van der Waals surface area contributed by atoms with Gasteiger partial charge in [0.2, 0.25) is 10.0 Å². The van der Waals surface area contributed by atoms with Crippen molar-refractivity contribution in [2.24, 2.45) is 5.84 Å². The molecule has 0 radical (unpaired) electrons. The maximum absolute atomic E-state index is 12.3. The molecule has 0 spiro atoms. The smallest absolute Gasteiger partial charge is 0.242 e. The Hall–Kier alpha value is -1.55. The van der Waals surface area contributed by atoms with Gasteiger partial charge in [-0.1, -0.05) is 6.92 Å². The molecule has 0 fully saturated rings. The van der Waals surface area contributed by atoms with Crippen LogP contribution in [-0.4, -0.2) is 18.4 Å². The summed E-state index contributed by atoms with van der Waals surface area (Å²) in [5, 5.41) is 0.739. The van der Waals surface area contributed by atoms with Gasteiger partial charge in [0.1, 0.15) is 15.7 Å². The average Bonchev–Trinajstić information content (AvgIpc) is 2.96. The third-order valence-electron chi connectivity index (χ3n) is 2.82. The van der Waals surface area contributed by atoms with Gasteiger partial charge >= 0.3 is 0 Å². The Morgan fingerprint density at radius 2 is 2.10 bits per heavy atom. The predicted octanol–water partition coefficient (Wildman–Crippen LogP) is 1.43. The van der Waals surface area contributed by atoms with Crippen LogP contribution in [0.4, 0.5) is 5.82 Å². The molecule has 0 saturated heterocycles. The number of anilines is 1. The molecule has 2 aromatic heterocycles. The fraction of sp³-hybridized carbons (Fsp3) is 0.333. The predicted molar refractivity (Wildman–Crippen MR) is 82.3 cm³/mol. The minimum absolute atomic E-state index is 0.0839. The molecule has 21 heavy (non-hydrogen) atoms. The van der Waals surface area contributed by atoms with Crippen molar-refractivity contribution in [3.05, 3.63) is 34.4 Å². The summed E-state index contributed by atoms with van der Waals surface area (Å²) in [6.45, 7) is 3.80. The number of aromatic nitrogens is 2. The summed E-state index contributed by atoms with van der Waals surface area (Å²) in [7, 11) is -3.64. The zero-order valence-electron chi connectivity index (χ0n) is 11.7. The largest absolute Gasteiger partial charge is 0.308 e. The second kappa shape index (κ2) is 6.48. The Bertz CT molecular complexity index is 697. The molecule has 0 saturated carbocycles. The van der Waals surface area contributed by atoms with Crippen LogP contribution < -0.4 is 16.0 Å². The van der Waals surface area contributed by atoms with Gasteiger partial charge in [0.25, 0.3) is 0 Å². The molecule has 1 atom stereocenters. The maximum Gasteiger partial charge on any atom is 0.242 e. The van der Waals surface area contributed by atoms with Crippen LogP contribution >= 0.6 is 11.3 Å². The van der Waals surface area contributed by atoms with Gasteiger partial charge in [-0.2, -0.15) is 0 Å². The number of nitrogens with zero attached hydrogens (tertiary/aromatic N) is 2. The monoisotopic (exact) mass is 327 g/mol. The van der Waals surface area contributed by atoms with Crippen molar-refractivity contribution < 1.29 is 8.42 Å². The van der Waals surface area contributed by atoms with Crippen LogP contribution in [0.5, 0.6) is 0 Å². The molecule has 0 amide bonds. The number of thiazole rings is 1. The molecule has 7 nitrogen and oxygen atoms in total. The van der Waals surface area contributed by atoms with E-state index in [9.17, 15) is 8.42 Å². The lowest BCUT2D eigenvalue weighted by molar-refractivity contribution is 0.566. The summed E-state index contributed by atoms with van der Waals surface area (Å²) < 4.78 is 27.1. The molecule has 0 aromatic carbocycles. The van der Waals surface area contributed by atoms with Crippen LogP contribution in [-0.2, 0) is 16.4 Å². The van der Waals surface area contributed by atoms with Crippen LogP contribution in [0.2, 0.25) is 0 Å². The molecule has 9 heteroatoms. The van der Waals surface area contributed by atoms with Crippen molar-refractivity contribution in [3.8, 4) is 0 Å². The summed E-state index contributed by atoms with van der Waals surface area (Å²) in [5.41, 5.74) is 2.35. The number of nitrogens with one attached hydrogen (secondary N) is 2. The van der Waals surface area contributed by atoms with Crippen molar-refractivity contribution in [1.82, 2.24) is 14.7 Å². The first kappa shape index (κ1) is 15.8. The Kier molecular flexibility index (Phi) is 4.88. The van der Waals surface area contributed by atoms with E-state index in [0.29, 0.717) is 5.82 Å². The third-order valence-corrected chi connectivity index (χ3v) is 5.67. The zero-order valence-corrected chi connectivity index (χ0v) is 13.3. The highest BCUT2D eigenvalue weighted by atomic mass is 32.2. The highest BCUT2D eigenvalue weighted by Crippen LogP contribution is 2.22. The van der Waals surface area contributed by atoms with Crippen molar-refractivity contribution in [2.45, 2.75) is 31.2 Å². The molecule has 2 aromatic rings. The van der Waals surface area contributed by atoms with Crippen LogP contribution in [0.3, 0.4) is 0 Å². The van der Waals surface area contributed by atoms with Gasteiger partial charge in [-0.3, -0.25) is 0 Å². The van der Waals surface area contributed by atoms with Crippen LogP contribution in [0, 0.1) is 0 Å². The Morgan fingerprint density at radius 3 is 2.62 bits per heavy atom. The van der Waals surface area contributed by atoms with E-state index in [2.05, 4.69) is 20.1 Å². The number of aryl methyl sites for hydroxylation is 1. The number of hydrogen-bond acceptors (Lipinski definition) is 7. The van der Waals surface area contributed by atoms with Crippen LogP contribution in [0.1, 0.15) is 29.8 Å². The molecular weight excluding hydrogens is 310 g/mol. The number of pyridine rings is 1. The quantitative estimate of drug-likeness (QED) is 0.547. The van der Waals surface area contributed by atoms with Crippen molar-refractivity contribution in [3.63, 3.8) is 0 Å². The number of hydrogen-bond donors (Lipinski definition) is 3. The second-order valence-corrected chi connectivity index (χ2v) is 7.25. The highest BCUT2D eigenvalue weighted by molar-refractivity contribution is 7.89. The second-order valence-electron chi connectivity index (χ2n) is 4.38. The number of sulfonamides is 1. The van der Waals surface area contributed by atoms with E-state index in [1.54, 1.807) is 13.1 Å². The number of nitrogen functional groups attached to an aromatic ring is 1. The summed E-state index contributed by atoms with van der Waals surface area (Å²) in [4.78, 5) is 9.34. The average molecular weight is 327 g/mol. The lowest BCUT2D eigenvalue weighted by atomic mass is 10.4. The number of nitrogens with two attached hydrogens (primary N) is 1. The SMILES string of the molecule is CCc1cnc(C(C)NS(=O)(=O)c2ccc(NN)nc2)s1. The van der Waals surface area contributed by atoms with Crippen LogP contribution in [0.25, 0.3) is 0 Å². The molecule has 2 rings (SSSR count). The van der Waals surface area contributed by atoms with Gasteiger partial charge in [0, 0.05) is 17.3 Å². The summed E-state index contributed by atoms with van der Waals surface area (Å²) >= 11 is 1.50.